The summed E-state index contributed by atoms with van der Waals surface area (Å²) in [6, 6.07) is 5.83. The van der Waals surface area contributed by atoms with Crippen LogP contribution in [-0.2, 0) is 34.3 Å². The summed E-state index contributed by atoms with van der Waals surface area (Å²) in [5.74, 6) is -1.25. The number of anilines is 1. The molecule has 0 heterocycles. The molecule has 1 amide bonds. The van der Waals surface area contributed by atoms with Crippen LogP contribution in [0.3, 0.4) is 0 Å². The fourth-order valence-electron chi connectivity index (χ4n) is 2.11. The molecule has 0 radical (unpaired) electrons. The van der Waals surface area contributed by atoms with E-state index in [1.807, 2.05) is 6.92 Å². The number of rotatable bonds is 7. The molecule has 2 N–H and O–H groups in total. The van der Waals surface area contributed by atoms with Crippen LogP contribution < -0.4 is 5.32 Å². The molecule has 1 rings (SSSR count). The monoisotopic (exact) mass is 359 g/mol. The van der Waals surface area contributed by atoms with Crippen molar-refractivity contribution in [2.24, 2.45) is 11.8 Å². The third-order valence-corrected chi connectivity index (χ3v) is 4.98. The van der Waals surface area contributed by atoms with Gasteiger partial charge in [0.1, 0.15) is 0 Å². The van der Waals surface area contributed by atoms with Crippen molar-refractivity contribution in [2.75, 3.05) is 12.4 Å². The Morgan fingerprint density at radius 1 is 1.35 bits per heavy atom. The smallest absolute Gasteiger partial charge is 0.308 e. The van der Waals surface area contributed by atoms with Crippen molar-refractivity contribution in [1.82, 2.24) is 0 Å². The molecule has 0 aliphatic carbocycles. The average Bonchev–Trinajstić information content (AvgIpc) is 2.51. The second-order valence-corrected chi connectivity index (χ2v) is 8.03. The minimum atomic E-state index is -3.43. The average molecular weight is 359 g/mol. The van der Waals surface area contributed by atoms with Crippen LogP contribution in [0.25, 0.3) is 0 Å². The lowest BCUT2D eigenvalue weighted by molar-refractivity contribution is -0.146. The number of benzene rings is 1. The van der Waals surface area contributed by atoms with Crippen molar-refractivity contribution in [3.63, 3.8) is 0 Å². The first-order valence-corrected chi connectivity index (χ1v) is 9.59. The summed E-state index contributed by atoms with van der Waals surface area (Å²) in [7, 11) is -2.10. The van der Waals surface area contributed by atoms with Gasteiger partial charge in [-0.3, -0.25) is 9.59 Å². The number of hydrogen-bond donors (Lipinski definition) is 2. The van der Waals surface area contributed by atoms with E-state index >= 15 is 0 Å². The maximum absolute atomic E-state index is 12.2. The molecule has 0 spiro atoms. The first-order valence-electron chi connectivity index (χ1n) is 7.15. The lowest BCUT2D eigenvalue weighted by Gasteiger charge is -2.17. The second-order valence-electron chi connectivity index (χ2n) is 5.25. The normalized spacial score (nSPS) is 16.0. The van der Waals surface area contributed by atoms with Crippen LogP contribution in [0.4, 0.5) is 5.69 Å². The number of esters is 1. The van der Waals surface area contributed by atoms with Crippen molar-refractivity contribution >= 4 is 37.5 Å². The molecule has 128 valence electrons. The Morgan fingerprint density at radius 2 is 1.91 bits per heavy atom. The summed E-state index contributed by atoms with van der Waals surface area (Å²) in [5.41, 5.74) is 0.496. The quantitative estimate of drug-likeness (QED) is 0.727. The van der Waals surface area contributed by atoms with Gasteiger partial charge in [-0.05, 0) is 37.1 Å². The van der Waals surface area contributed by atoms with Gasteiger partial charge in [0.05, 0.1) is 17.9 Å². The molecule has 0 fully saturated rings. The maximum atomic E-state index is 12.2. The van der Waals surface area contributed by atoms with Gasteiger partial charge in [0.25, 0.3) is 0 Å². The third-order valence-electron chi connectivity index (χ3n) is 3.53. The van der Waals surface area contributed by atoms with Crippen molar-refractivity contribution in [3.8, 4) is 0 Å². The van der Waals surface area contributed by atoms with E-state index in [0.717, 1.165) is 0 Å². The number of carbonyl (C=O) groups excluding carboxylic acids is 2. The third kappa shape index (κ3) is 5.89. The summed E-state index contributed by atoms with van der Waals surface area (Å²) < 4.78 is 25.3. The molecule has 0 aliphatic heterocycles. The van der Waals surface area contributed by atoms with Gasteiger partial charge < -0.3 is 14.6 Å². The standard InChI is InChI=1S/C15H21NO5S2/c1-4-11(15(18)21-3)9-10(2)14(17)16-12-5-7-13(8-6-12)23(19,20)22/h5-8,10-11H,4,9H2,1-3H3,(H,16,17)(H,19,20,22). The van der Waals surface area contributed by atoms with Gasteiger partial charge in [-0.1, -0.05) is 13.8 Å². The highest BCUT2D eigenvalue weighted by Gasteiger charge is 2.23. The van der Waals surface area contributed by atoms with Crippen LogP contribution in [0.2, 0.25) is 0 Å². The Morgan fingerprint density at radius 3 is 2.35 bits per heavy atom. The molecule has 0 saturated carbocycles. The van der Waals surface area contributed by atoms with E-state index in [9.17, 15) is 18.4 Å². The molecule has 1 aromatic carbocycles. The minimum absolute atomic E-state index is 0.121. The van der Waals surface area contributed by atoms with Gasteiger partial charge in [0, 0.05) is 22.8 Å². The summed E-state index contributed by atoms with van der Waals surface area (Å²) in [4.78, 5) is 23.9. The molecule has 8 heteroatoms. The molecule has 1 aromatic rings. The molecule has 0 bridgehead atoms. The molecule has 23 heavy (non-hydrogen) atoms. The molecule has 0 saturated heterocycles. The molecular formula is C15H21NO5S2. The van der Waals surface area contributed by atoms with Crippen LogP contribution in [0.1, 0.15) is 26.7 Å². The van der Waals surface area contributed by atoms with E-state index in [-0.39, 0.29) is 28.6 Å². The van der Waals surface area contributed by atoms with E-state index in [1.54, 1.807) is 6.92 Å². The van der Waals surface area contributed by atoms with Crippen LogP contribution in [0, 0.1) is 11.8 Å². The highest BCUT2D eigenvalue weighted by atomic mass is 32.8. The van der Waals surface area contributed by atoms with Gasteiger partial charge in [-0.25, -0.2) is 4.21 Å². The summed E-state index contributed by atoms with van der Waals surface area (Å²) in [6.45, 7) is 3.60. The van der Waals surface area contributed by atoms with Gasteiger partial charge in [-0.2, -0.15) is 0 Å². The minimum Gasteiger partial charge on any atom is -0.469 e. The number of carbonyl (C=O) groups is 2. The fourth-order valence-corrected chi connectivity index (χ4v) is 2.92. The van der Waals surface area contributed by atoms with Gasteiger partial charge >= 0.3 is 5.97 Å². The SMILES string of the molecule is CCC(CC(C)C(=O)Nc1ccc(S(=O)(O)=S)cc1)C(=O)OC. The molecular weight excluding hydrogens is 338 g/mol. The van der Waals surface area contributed by atoms with Crippen molar-refractivity contribution < 1.29 is 23.1 Å². The Bertz CT molecular complexity index is 655. The zero-order chi connectivity index (χ0) is 17.6. The van der Waals surface area contributed by atoms with E-state index in [2.05, 4.69) is 16.5 Å². The predicted molar refractivity (Wildman–Crippen MR) is 91.1 cm³/mol. The van der Waals surface area contributed by atoms with E-state index in [1.165, 1.54) is 31.4 Å². The number of methoxy groups -OCH3 is 1. The fraction of sp³-hybridized carbons (Fsp3) is 0.467. The van der Waals surface area contributed by atoms with Crippen molar-refractivity contribution in [3.05, 3.63) is 24.3 Å². The first-order chi connectivity index (χ1) is 10.7. The van der Waals surface area contributed by atoms with Crippen LogP contribution in [-0.4, -0.2) is 27.7 Å². The molecule has 3 unspecified atom stereocenters. The van der Waals surface area contributed by atoms with Crippen LogP contribution in [0.15, 0.2) is 29.2 Å². The Labute approximate surface area is 141 Å². The lowest BCUT2D eigenvalue weighted by atomic mass is 9.93. The Hall–Kier alpha value is -1.51. The largest absolute Gasteiger partial charge is 0.469 e. The van der Waals surface area contributed by atoms with Gasteiger partial charge in [-0.15, -0.1) is 0 Å². The summed E-state index contributed by atoms with van der Waals surface area (Å²) >= 11 is 4.47. The zero-order valence-corrected chi connectivity index (χ0v) is 14.9. The highest BCUT2D eigenvalue weighted by molar-refractivity contribution is 8.29. The Balaban J connectivity index is 2.70. The van der Waals surface area contributed by atoms with E-state index in [4.69, 9.17) is 4.74 Å². The number of nitrogens with one attached hydrogen (secondary N) is 1. The molecule has 3 atom stereocenters. The first kappa shape index (κ1) is 19.5. The van der Waals surface area contributed by atoms with Crippen LogP contribution in [0.5, 0.6) is 0 Å². The summed E-state index contributed by atoms with van der Waals surface area (Å²) in [6.07, 6.45) is 0.992. The van der Waals surface area contributed by atoms with Crippen molar-refractivity contribution in [1.29, 1.82) is 0 Å². The van der Waals surface area contributed by atoms with E-state index in [0.29, 0.717) is 18.5 Å². The van der Waals surface area contributed by atoms with Crippen LogP contribution >= 0.6 is 0 Å². The topological polar surface area (TPSA) is 92.7 Å². The lowest BCUT2D eigenvalue weighted by Crippen LogP contribution is -2.26. The molecule has 0 aromatic heterocycles. The summed E-state index contributed by atoms with van der Waals surface area (Å²) in [5, 5.41) is 2.71. The zero-order valence-electron chi connectivity index (χ0n) is 13.3. The number of hydrogen-bond acceptors (Lipinski definition) is 5. The molecule has 6 nitrogen and oxygen atoms in total. The van der Waals surface area contributed by atoms with E-state index < -0.39 is 8.77 Å². The van der Waals surface area contributed by atoms with Gasteiger partial charge in [0.15, 0.2) is 8.77 Å². The number of ether oxygens (including phenoxy) is 1. The molecule has 0 aliphatic rings. The highest BCUT2D eigenvalue weighted by Crippen LogP contribution is 2.20. The van der Waals surface area contributed by atoms with Crippen molar-refractivity contribution in [2.45, 2.75) is 31.6 Å². The number of amides is 1. The Kier molecular flexibility index (Phi) is 7.11. The van der Waals surface area contributed by atoms with Gasteiger partial charge in [0.2, 0.25) is 5.91 Å². The maximum Gasteiger partial charge on any atom is 0.308 e. The predicted octanol–water partition coefficient (Wildman–Crippen LogP) is 2.43. The second kappa shape index (κ2) is 8.37.